The zero-order valence-electron chi connectivity index (χ0n) is 11.7. The van der Waals surface area contributed by atoms with Crippen LogP contribution in [0.25, 0.3) is 0 Å². The van der Waals surface area contributed by atoms with Gasteiger partial charge in [-0.05, 0) is 40.4 Å². The number of hydrogen-bond donors (Lipinski definition) is 2. The van der Waals surface area contributed by atoms with Gasteiger partial charge in [0.15, 0.2) is 0 Å². The first-order valence-electron chi connectivity index (χ1n) is 6.71. The molecular formula is C13H25N3O2. The van der Waals surface area contributed by atoms with Crippen LogP contribution >= 0.6 is 0 Å². The van der Waals surface area contributed by atoms with Crippen LogP contribution in [0.4, 0.5) is 0 Å². The van der Waals surface area contributed by atoms with Crippen molar-refractivity contribution in [2.24, 2.45) is 0 Å². The second-order valence-electron chi connectivity index (χ2n) is 6.23. The van der Waals surface area contributed by atoms with E-state index in [0.717, 1.165) is 19.6 Å². The van der Waals surface area contributed by atoms with Crippen molar-refractivity contribution in [1.82, 2.24) is 15.1 Å². The number of carboxylic acids is 1. The highest BCUT2D eigenvalue weighted by Gasteiger charge is 2.47. The fraction of sp³-hybridized carbons (Fsp3) is 0.923. The molecule has 0 aromatic heterocycles. The van der Waals surface area contributed by atoms with Crippen LogP contribution in [0.1, 0.15) is 25.7 Å². The average Bonchev–Trinajstić information content (AvgIpc) is 2.16. The fourth-order valence-electron chi connectivity index (χ4n) is 3.17. The second-order valence-corrected chi connectivity index (χ2v) is 6.23. The Morgan fingerprint density at radius 3 is 2.11 bits per heavy atom. The lowest BCUT2D eigenvalue weighted by atomic mass is 9.74. The molecule has 0 spiro atoms. The summed E-state index contributed by atoms with van der Waals surface area (Å²) in [5, 5.41) is 12.3. The van der Waals surface area contributed by atoms with Crippen LogP contribution in [0.5, 0.6) is 0 Å². The molecule has 2 N–H and O–H groups in total. The van der Waals surface area contributed by atoms with Crippen LogP contribution in [0.2, 0.25) is 0 Å². The van der Waals surface area contributed by atoms with E-state index in [1.54, 1.807) is 0 Å². The number of carboxylic acid groups (broad SMARTS) is 1. The summed E-state index contributed by atoms with van der Waals surface area (Å²) in [4.78, 5) is 15.6. The average molecular weight is 255 g/mol. The van der Waals surface area contributed by atoms with E-state index >= 15 is 0 Å². The third-order valence-corrected chi connectivity index (χ3v) is 4.96. The molecule has 5 heteroatoms. The molecule has 1 aliphatic carbocycles. The zero-order valence-corrected chi connectivity index (χ0v) is 11.7. The maximum Gasteiger partial charge on any atom is 0.305 e. The smallest absolute Gasteiger partial charge is 0.305 e. The summed E-state index contributed by atoms with van der Waals surface area (Å²) in [6.07, 6.45) is 3.97. The van der Waals surface area contributed by atoms with Crippen molar-refractivity contribution < 1.29 is 9.90 Å². The first kappa shape index (κ1) is 13.8. The van der Waals surface area contributed by atoms with Gasteiger partial charge in [0.05, 0.1) is 12.0 Å². The third kappa shape index (κ3) is 2.27. The number of aliphatic carboxylic acids is 1. The highest BCUT2D eigenvalue weighted by atomic mass is 16.4. The van der Waals surface area contributed by atoms with Crippen LogP contribution in [0.3, 0.4) is 0 Å². The van der Waals surface area contributed by atoms with Crippen LogP contribution in [0.15, 0.2) is 0 Å². The Balaban J connectivity index is 2.01. The molecule has 1 heterocycles. The van der Waals surface area contributed by atoms with Gasteiger partial charge >= 0.3 is 5.97 Å². The number of hydrogen-bond acceptors (Lipinski definition) is 4. The van der Waals surface area contributed by atoms with Crippen LogP contribution in [-0.2, 0) is 4.79 Å². The molecule has 0 aromatic carbocycles. The summed E-state index contributed by atoms with van der Waals surface area (Å²) in [6, 6.07) is 0. The summed E-state index contributed by atoms with van der Waals surface area (Å²) in [5.41, 5.74) is 0.0836. The van der Waals surface area contributed by atoms with E-state index in [-0.39, 0.29) is 17.5 Å². The lowest BCUT2D eigenvalue weighted by molar-refractivity contribution is -0.142. The van der Waals surface area contributed by atoms with Crippen molar-refractivity contribution in [2.75, 3.05) is 40.8 Å². The normalized spacial score (nSPS) is 24.7. The fourth-order valence-corrected chi connectivity index (χ4v) is 3.17. The lowest BCUT2D eigenvalue weighted by Crippen LogP contribution is -2.71. The molecule has 2 aliphatic rings. The first-order valence-corrected chi connectivity index (χ1v) is 6.71. The van der Waals surface area contributed by atoms with Crippen molar-refractivity contribution in [1.29, 1.82) is 0 Å². The Labute approximate surface area is 109 Å². The Hall–Kier alpha value is -0.650. The Kier molecular flexibility index (Phi) is 3.67. The Morgan fingerprint density at radius 2 is 1.83 bits per heavy atom. The van der Waals surface area contributed by atoms with Gasteiger partial charge in [-0.1, -0.05) is 0 Å². The SMILES string of the molecule is CN(C)C1(CN(C)C2(CC(=O)O)CNC2)CCC1. The quantitative estimate of drug-likeness (QED) is 0.711. The molecule has 0 unspecified atom stereocenters. The number of nitrogens with one attached hydrogen (secondary N) is 1. The van der Waals surface area contributed by atoms with Gasteiger partial charge in [0.2, 0.25) is 0 Å². The largest absolute Gasteiger partial charge is 0.481 e. The standard InChI is InChI=1S/C13H25N3O2/c1-15(2)12(5-4-6-12)10-16(3)13(7-11(17)18)8-14-9-13/h14H,4-10H2,1-3H3,(H,17,18). The van der Waals surface area contributed by atoms with E-state index in [2.05, 4.69) is 36.3 Å². The Bertz CT molecular complexity index is 322. The van der Waals surface area contributed by atoms with E-state index < -0.39 is 5.97 Å². The molecule has 104 valence electrons. The maximum atomic E-state index is 11.0. The zero-order chi connectivity index (χ0) is 13.4. The van der Waals surface area contributed by atoms with Gasteiger partial charge in [0, 0.05) is 25.2 Å². The molecule has 18 heavy (non-hydrogen) atoms. The molecule has 1 saturated carbocycles. The van der Waals surface area contributed by atoms with Crippen LogP contribution < -0.4 is 5.32 Å². The van der Waals surface area contributed by atoms with Gasteiger partial charge in [-0.3, -0.25) is 9.69 Å². The molecular weight excluding hydrogens is 230 g/mol. The molecule has 1 saturated heterocycles. The van der Waals surface area contributed by atoms with Gasteiger partial charge in [0.25, 0.3) is 0 Å². The van der Waals surface area contributed by atoms with Crippen LogP contribution in [-0.4, -0.2) is 72.7 Å². The van der Waals surface area contributed by atoms with Crippen LogP contribution in [0, 0.1) is 0 Å². The maximum absolute atomic E-state index is 11.0. The predicted octanol–water partition coefficient (Wildman–Crippen LogP) is 0.219. The first-order chi connectivity index (χ1) is 8.40. The number of rotatable bonds is 6. The van der Waals surface area contributed by atoms with E-state index in [1.807, 2.05) is 0 Å². The molecule has 0 aromatic rings. The van der Waals surface area contributed by atoms with E-state index in [4.69, 9.17) is 5.11 Å². The molecule has 2 fully saturated rings. The minimum absolute atomic E-state index is 0.176. The van der Waals surface area contributed by atoms with Crippen molar-refractivity contribution in [2.45, 2.75) is 36.8 Å². The van der Waals surface area contributed by atoms with Gasteiger partial charge in [0.1, 0.15) is 0 Å². The van der Waals surface area contributed by atoms with E-state index in [1.165, 1.54) is 19.3 Å². The van der Waals surface area contributed by atoms with Crippen molar-refractivity contribution in [3.05, 3.63) is 0 Å². The third-order valence-electron chi connectivity index (χ3n) is 4.96. The van der Waals surface area contributed by atoms with Gasteiger partial charge < -0.3 is 15.3 Å². The summed E-state index contributed by atoms with van der Waals surface area (Å²) in [7, 11) is 6.35. The molecule has 5 nitrogen and oxygen atoms in total. The number of nitrogens with zero attached hydrogens (tertiary/aromatic N) is 2. The molecule has 1 aliphatic heterocycles. The van der Waals surface area contributed by atoms with Crippen molar-refractivity contribution >= 4 is 5.97 Å². The van der Waals surface area contributed by atoms with E-state index in [0.29, 0.717) is 0 Å². The molecule has 0 amide bonds. The molecule has 0 radical (unpaired) electrons. The minimum atomic E-state index is -0.698. The van der Waals surface area contributed by atoms with Gasteiger partial charge in [-0.2, -0.15) is 0 Å². The van der Waals surface area contributed by atoms with Gasteiger partial charge in [-0.25, -0.2) is 0 Å². The summed E-state index contributed by atoms with van der Waals surface area (Å²) in [5.74, 6) is -0.698. The topological polar surface area (TPSA) is 55.8 Å². The summed E-state index contributed by atoms with van der Waals surface area (Å²) in [6.45, 7) is 2.55. The predicted molar refractivity (Wildman–Crippen MR) is 70.8 cm³/mol. The monoisotopic (exact) mass is 255 g/mol. The van der Waals surface area contributed by atoms with Crippen molar-refractivity contribution in [3.8, 4) is 0 Å². The van der Waals surface area contributed by atoms with Crippen molar-refractivity contribution in [3.63, 3.8) is 0 Å². The number of likely N-dealkylation sites (N-methyl/N-ethyl adjacent to an activating group) is 2. The van der Waals surface area contributed by atoms with Gasteiger partial charge in [-0.15, -0.1) is 0 Å². The highest BCUT2D eigenvalue weighted by molar-refractivity contribution is 5.68. The minimum Gasteiger partial charge on any atom is -0.481 e. The molecule has 0 bridgehead atoms. The second kappa shape index (κ2) is 4.79. The summed E-state index contributed by atoms with van der Waals surface area (Å²) >= 11 is 0. The lowest BCUT2D eigenvalue weighted by Gasteiger charge is -2.55. The number of carbonyl (C=O) groups is 1. The highest BCUT2D eigenvalue weighted by Crippen LogP contribution is 2.38. The summed E-state index contributed by atoms with van der Waals surface area (Å²) < 4.78 is 0. The van der Waals surface area contributed by atoms with E-state index in [9.17, 15) is 4.79 Å². The Morgan fingerprint density at radius 1 is 1.22 bits per heavy atom. The molecule has 0 atom stereocenters. The molecule has 2 rings (SSSR count).